The number of halogens is 3. The molecule has 9 heteroatoms. The van der Waals surface area contributed by atoms with E-state index in [1.807, 2.05) is 10.7 Å². The maximum atomic E-state index is 13.3. The van der Waals surface area contributed by atoms with Crippen LogP contribution in [-0.2, 0) is 10.9 Å². The van der Waals surface area contributed by atoms with Crippen LogP contribution in [0.1, 0.15) is 49.9 Å². The minimum Gasteiger partial charge on any atom is -0.383 e. The number of nitrogens with zero attached hydrogens (tertiary/aromatic N) is 4. The van der Waals surface area contributed by atoms with E-state index in [1.165, 1.54) is 19.0 Å². The number of morpholine rings is 1. The Morgan fingerprint density at radius 3 is 2.58 bits per heavy atom. The predicted octanol–water partition coefficient (Wildman–Crippen LogP) is 3.95. The SMILES string of the molecule is CC(C)n1nc(-c2cnc(N)c(C(F)(F)F)c2)cc1C1[C@H]2[C@@H]1CC[C@H]2N1CCOCC1. The molecule has 6 nitrogen and oxygen atoms in total. The molecule has 1 unspecified atom stereocenters. The lowest BCUT2D eigenvalue weighted by atomic mass is 10.0. The summed E-state index contributed by atoms with van der Waals surface area (Å²) in [5.41, 5.74) is 6.55. The number of hydrogen-bond acceptors (Lipinski definition) is 5. The van der Waals surface area contributed by atoms with E-state index in [1.54, 1.807) is 0 Å². The standard InChI is InChI=1S/C22H28F3N5O/c1-12(2)30-18(20-14-3-4-17(19(14)20)29-5-7-31-8-6-29)10-16(28-30)13-9-15(22(23,24)25)21(26)27-11-13/h9-12,14,17,19-20H,3-8H2,1-2H3,(H2,26,27)/t14-,17+,19-,20?/m0/s1. The molecule has 2 aliphatic carbocycles. The molecule has 31 heavy (non-hydrogen) atoms. The van der Waals surface area contributed by atoms with Gasteiger partial charge in [-0.2, -0.15) is 18.3 Å². The van der Waals surface area contributed by atoms with Gasteiger partial charge in [0.25, 0.3) is 0 Å². The van der Waals surface area contributed by atoms with Crippen molar-refractivity contribution in [3.05, 3.63) is 29.6 Å². The molecular formula is C22H28F3N5O. The van der Waals surface area contributed by atoms with Crippen LogP contribution in [0.15, 0.2) is 18.3 Å². The molecule has 168 valence electrons. The van der Waals surface area contributed by atoms with Crippen LogP contribution in [-0.4, -0.2) is 52.0 Å². The fraction of sp³-hybridized carbons (Fsp3) is 0.636. The smallest absolute Gasteiger partial charge is 0.383 e. The van der Waals surface area contributed by atoms with Crippen molar-refractivity contribution < 1.29 is 17.9 Å². The molecule has 0 bridgehead atoms. The third-order valence-corrected chi connectivity index (χ3v) is 7.10. The Labute approximate surface area is 179 Å². The zero-order valence-electron chi connectivity index (χ0n) is 17.8. The topological polar surface area (TPSA) is 69.2 Å². The second-order valence-electron chi connectivity index (χ2n) is 9.21. The van der Waals surface area contributed by atoms with Gasteiger partial charge in [-0.05, 0) is 50.7 Å². The first-order valence-corrected chi connectivity index (χ1v) is 11.0. The van der Waals surface area contributed by atoms with Crippen LogP contribution < -0.4 is 5.73 Å². The number of aromatic nitrogens is 3. The second-order valence-corrected chi connectivity index (χ2v) is 9.21. The van der Waals surface area contributed by atoms with Crippen LogP contribution in [0.2, 0.25) is 0 Å². The lowest BCUT2D eigenvalue weighted by molar-refractivity contribution is -0.137. The van der Waals surface area contributed by atoms with E-state index >= 15 is 0 Å². The van der Waals surface area contributed by atoms with Crippen molar-refractivity contribution in [2.45, 2.75) is 50.9 Å². The van der Waals surface area contributed by atoms with Gasteiger partial charge < -0.3 is 10.5 Å². The van der Waals surface area contributed by atoms with Crippen LogP contribution in [0, 0.1) is 11.8 Å². The van der Waals surface area contributed by atoms with Crippen LogP contribution in [0.3, 0.4) is 0 Å². The van der Waals surface area contributed by atoms with Gasteiger partial charge >= 0.3 is 6.18 Å². The zero-order valence-corrected chi connectivity index (χ0v) is 17.8. The zero-order chi connectivity index (χ0) is 21.9. The summed E-state index contributed by atoms with van der Waals surface area (Å²) in [7, 11) is 0. The van der Waals surface area contributed by atoms with Crippen LogP contribution in [0.25, 0.3) is 11.3 Å². The van der Waals surface area contributed by atoms with E-state index in [4.69, 9.17) is 15.6 Å². The summed E-state index contributed by atoms with van der Waals surface area (Å²) in [6, 6.07) is 3.71. The lowest BCUT2D eigenvalue weighted by Crippen LogP contribution is -2.44. The van der Waals surface area contributed by atoms with Gasteiger partial charge in [0.05, 0.1) is 24.5 Å². The van der Waals surface area contributed by atoms with E-state index in [9.17, 15) is 13.2 Å². The molecule has 3 heterocycles. The fourth-order valence-corrected chi connectivity index (χ4v) is 5.66. The summed E-state index contributed by atoms with van der Waals surface area (Å²) >= 11 is 0. The maximum Gasteiger partial charge on any atom is 0.419 e. The quantitative estimate of drug-likeness (QED) is 0.788. The molecule has 0 aromatic carbocycles. The molecule has 0 radical (unpaired) electrons. The first-order chi connectivity index (χ1) is 14.8. The molecule has 3 aliphatic rings. The average Bonchev–Trinajstić information content (AvgIpc) is 3.08. The summed E-state index contributed by atoms with van der Waals surface area (Å²) in [5.74, 6) is 1.12. The van der Waals surface area contributed by atoms with Gasteiger partial charge in [-0.15, -0.1) is 0 Å². The first-order valence-electron chi connectivity index (χ1n) is 11.0. The Hall–Kier alpha value is -2.13. The van der Waals surface area contributed by atoms with Crippen LogP contribution in [0.4, 0.5) is 19.0 Å². The highest BCUT2D eigenvalue weighted by atomic mass is 19.4. The number of nitrogens with two attached hydrogens (primary N) is 1. The number of pyridine rings is 1. The van der Waals surface area contributed by atoms with Crippen molar-refractivity contribution in [1.29, 1.82) is 0 Å². The second kappa shape index (κ2) is 7.48. The van der Waals surface area contributed by atoms with Gasteiger partial charge in [-0.1, -0.05) is 0 Å². The van der Waals surface area contributed by atoms with Crippen LogP contribution >= 0.6 is 0 Å². The van der Waals surface area contributed by atoms with E-state index in [-0.39, 0.29) is 6.04 Å². The van der Waals surface area contributed by atoms with Crippen molar-refractivity contribution in [2.24, 2.45) is 11.8 Å². The third-order valence-electron chi connectivity index (χ3n) is 7.10. The van der Waals surface area contributed by atoms with Gasteiger partial charge in [0, 0.05) is 48.5 Å². The fourth-order valence-electron chi connectivity index (χ4n) is 5.66. The predicted molar refractivity (Wildman–Crippen MR) is 110 cm³/mol. The molecule has 4 atom stereocenters. The maximum absolute atomic E-state index is 13.3. The van der Waals surface area contributed by atoms with Gasteiger partial charge in [0.2, 0.25) is 0 Å². The number of anilines is 1. The molecule has 0 spiro atoms. The number of hydrogen-bond donors (Lipinski definition) is 1. The minimum atomic E-state index is -4.55. The highest BCUT2D eigenvalue weighted by molar-refractivity contribution is 5.63. The summed E-state index contributed by atoms with van der Waals surface area (Å²) in [4.78, 5) is 6.35. The first kappa shape index (κ1) is 20.8. The summed E-state index contributed by atoms with van der Waals surface area (Å²) < 4.78 is 47.4. The molecule has 0 amide bonds. The summed E-state index contributed by atoms with van der Waals surface area (Å²) in [6.45, 7) is 7.65. The van der Waals surface area contributed by atoms with Gasteiger partial charge in [-0.25, -0.2) is 4.98 Å². The van der Waals surface area contributed by atoms with E-state index < -0.39 is 17.6 Å². The molecule has 2 aromatic heterocycles. The highest BCUT2D eigenvalue weighted by Crippen LogP contribution is 2.64. The number of nitrogen functional groups attached to an aromatic ring is 1. The van der Waals surface area contributed by atoms with Crippen molar-refractivity contribution in [3.63, 3.8) is 0 Å². The number of rotatable bonds is 4. The third kappa shape index (κ3) is 3.61. The average molecular weight is 435 g/mol. The van der Waals surface area contributed by atoms with E-state index in [0.29, 0.717) is 35.1 Å². The van der Waals surface area contributed by atoms with Gasteiger partial charge in [0.15, 0.2) is 0 Å². The molecular weight excluding hydrogens is 407 g/mol. The number of alkyl halides is 3. The van der Waals surface area contributed by atoms with Crippen LogP contribution in [0.5, 0.6) is 0 Å². The molecule has 1 saturated heterocycles. The Bertz CT molecular complexity index is 967. The van der Waals surface area contributed by atoms with Crippen molar-refractivity contribution in [1.82, 2.24) is 19.7 Å². The monoisotopic (exact) mass is 435 g/mol. The normalized spacial score (nSPS) is 28.8. The van der Waals surface area contributed by atoms with Gasteiger partial charge in [-0.3, -0.25) is 9.58 Å². The van der Waals surface area contributed by atoms with E-state index in [0.717, 1.165) is 38.1 Å². The van der Waals surface area contributed by atoms with Gasteiger partial charge in [0.1, 0.15) is 5.82 Å². The molecule has 1 aliphatic heterocycles. The number of ether oxygens (including phenoxy) is 1. The Balaban J connectivity index is 1.45. The van der Waals surface area contributed by atoms with Crippen molar-refractivity contribution in [2.75, 3.05) is 32.0 Å². The molecule has 5 rings (SSSR count). The van der Waals surface area contributed by atoms with Crippen molar-refractivity contribution >= 4 is 5.82 Å². The molecule has 2 saturated carbocycles. The highest BCUT2D eigenvalue weighted by Gasteiger charge is 2.60. The minimum absolute atomic E-state index is 0.121. The Morgan fingerprint density at radius 2 is 1.90 bits per heavy atom. The largest absolute Gasteiger partial charge is 0.419 e. The lowest BCUT2D eigenvalue weighted by Gasteiger charge is -2.33. The van der Waals surface area contributed by atoms with Crippen molar-refractivity contribution in [3.8, 4) is 11.3 Å². The summed E-state index contributed by atoms with van der Waals surface area (Å²) in [5, 5.41) is 4.69. The Morgan fingerprint density at radius 1 is 1.16 bits per heavy atom. The number of fused-ring (bicyclic) bond motifs is 1. The molecule has 3 fully saturated rings. The summed E-state index contributed by atoms with van der Waals surface area (Å²) in [6.07, 6.45) is -0.760. The Kier molecular flexibility index (Phi) is 5.01. The van der Waals surface area contributed by atoms with E-state index in [2.05, 4.69) is 23.7 Å². The molecule has 2 aromatic rings. The molecule has 2 N–H and O–H groups in total.